The number of alkyl halides is 3. The molecular weight excluding hydrogens is 410 g/mol. The minimum atomic E-state index is -4.94. The average Bonchev–Trinajstić information content (AvgIpc) is 2.58. The van der Waals surface area contributed by atoms with Crippen LogP contribution in [0.15, 0.2) is 17.0 Å². The fourth-order valence-electron chi connectivity index (χ4n) is 2.00. The highest BCUT2D eigenvalue weighted by molar-refractivity contribution is 7.91. The first-order valence-electron chi connectivity index (χ1n) is 8.17. The average molecular weight is 431 g/mol. The van der Waals surface area contributed by atoms with Crippen molar-refractivity contribution in [2.45, 2.75) is 24.4 Å². The van der Waals surface area contributed by atoms with E-state index >= 15 is 0 Å². The van der Waals surface area contributed by atoms with Gasteiger partial charge in [-0.3, -0.25) is 4.79 Å². The van der Waals surface area contributed by atoms with E-state index in [1.54, 1.807) is 5.32 Å². The molecule has 2 N–H and O–H groups in total. The quantitative estimate of drug-likeness (QED) is 0.409. The molecule has 1 aromatic rings. The molecular formula is C16H21F4NO6S. The number of carbonyl (C=O) groups is 1. The van der Waals surface area contributed by atoms with Gasteiger partial charge in [0.25, 0.3) is 0 Å². The molecule has 0 saturated carbocycles. The molecule has 1 rings (SSSR count). The number of aromatic hydroxyl groups is 1. The third-order valence-corrected chi connectivity index (χ3v) is 5.26. The van der Waals surface area contributed by atoms with Crippen molar-refractivity contribution in [2.75, 3.05) is 38.7 Å². The number of hydrogen-bond acceptors (Lipinski definition) is 6. The van der Waals surface area contributed by atoms with Crippen LogP contribution in [0.5, 0.6) is 5.75 Å². The largest absolute Gasteiger partial charge is 0.508 e. The Morgan fingerprint density at radius 2 is 1.75 bits per heavy atom. The zero-order chi connectivity index (χ0) is 21.4. The van der Waals surface area contributed by atoms with Crippen LogP contribution >= 0.6 is 0 Å². The monoisotopic (exact) mass is 431 g/mol. The summed E-state index contributed by atoms with van der Waals surface area (Å²) in [4.78, 5) is 10.0. The van der Waals surface area contributed by atoms with Crippen molar-refractivity contribution in [3.63, 3.8) is 0 Å². The highest BCUT2D eigenvalue weighted by atomic mass is 32.2. The number of rotatable bonds is 11. The lowest BCUT2D eigenvalue weighted by atomic mass is 10.2. The van der Waals surface area contributed by atoms with Gasteiger partial charge in [0.05, 0.1) is 25.6 Å². The Labute approximate surface area is 159 Å². The maximum Gasteiger partial charge on any atom is 0.471 e. The molecule has 0 unspecified atom stereocenters. The molecule has 12 heteroatoms. The molecule has 28 heavy (non-hydrogen) atoms. The van der Waals surface area contributed by atoms with Gasteiger partial charge in [0.15, 0.2) is 9.84 Å². The summed E-state index contributed by atoms with van der Waals surface area (Å²) in [5.74, 6) is -3.78. The Balaban J connectivity index is 2.19. The smallest absolute Gasteiger partial charge is 0.471 e. The molecule has 0 aliphatic carbocycles. The van der Waals surface area contributed by atoms with E-state index < -0.39 is 32.6 Å². The summed E-state index contributed by atoms with van der Waals surface area (Å²) in [5, 5.41) is 11.0. The summed E-state index contributed by atoms with van der Waals surface area (Å²) in [6.07, 6.45) is -4.85. The van der Waals surface area contributed by atoms with Gasteiger partial charge in [-0.25, -0.2) is 12.8 Å². The van der Waals surface area contributed by atoms with Crippen LogP contribution in [-0.4, -0.2) is 64.3 Å². The number of hydrogen-bond donors (Lipinski definition) is 2. The van der Waals surface area contributed by atoms with E-state index in [9.17, 15) is 35.9 Å². The second kappa shape index (κ2) is 10.6. The van der Waals surface area contributed by atoms with Crippen LogP contribution in [0.25, 0.3) is 0 Å². The van der Waals surface area contributed by atoms with Crippen LogP contribution in [0.1, 0.15) is 12.0 Å². The first kappa shape index (κ1) is 24.1. The van der Waals surface area contributed by atoms with Gasteiger partial charge in [0, 0.05) is 19.2 Å². The third-order valence-electron chi connectivity index (χ3n) is 3.45. The van der Waals surface area contributed by atoms with E-state index in [0.717, 1.165) is 12.1 Å². The number of ether oxygens (including phenoxy) is 2. The van der Waals surface area contributed by atoms with Crippen LogP contribution in [0.3, 0.4) is 0 Å². The molecule has 0 saturated heterocycles. The molecule has 0 aliphatic heterocycles. The van der Waals surface area contributed by atoms with Gasteiger partial charge in [-0.1, -0.05) is 0 Å². The summed E-state index contributed by atoms with van der Waals surface area (Å²) in [5.41, 5.74) is 0.236. The second-order valence-electron chi connectivity index (χ2n) is 5.72. The van der Waals surface area contributed by atoms with Crippen molar-refractivity contribution in [2.24, 2.45) is 0 Å². The van der Waals surface area contributed by atoms with Crippen LogP contribution in [0, 0.1) is 12.7 Å². The molecule has 0 atom stereocenters. The minimum absolute atomic E-state index is 0.0421. The lowest BCUT2D eigenvalue weighted by Crippen LogP contribution is -2.38. The van der Waals surface area contributed by atoms with Crippen molar-refractivity contribution in [3.05, 3.63) is 23.5 Å². The van der Waals surface area contributed by atoms with E-state index in [0.29, 0.717) is 0 Å². The number of amides is 1. The molecule has 1 amide bonds. The molecule has 7 nitrogen and oxygen atoms in total. The molecule has 0 bridgehead atoms. The second-order valence-corrected chi connectivity index (χ2v) is 7.80. The Kier molecular flexibility index (Phi) is 9.11. The van der Waals surface area contributed by atoms with Gasteiger partial charge in [-0.05, 0) is 25.0 Å². The number of aryl methyl sites for hydroxylation is 1. The Morgan fingerprint density at radius 3 is 2.36 bits per heavy atom. The fourth-order valence-corrected chi connectivity index (χ4v) is 3.43. The van der Waals surface area contributed by atoms with Crippen LogP contribution in [-0.2, 0) is 24.1 Å². The van der Waals surface area contributed by atoms with E-state index in [2.05, 4.69) is 0 Å². The molecule has 0 radical (unpaired) electrons. The first-order chi connectivity index (χ1) is 12.9. The Morgan fingerprint density at radius 1 is 1.14 bits per heavy atom. The van der Waals surface area contributed by atoms with Gasteiger partial charge >= 0.3 is 12.1 Å². The van der Waals surface area contributed by atoms with E-state index in [-0.39, 0.29) is 56.5 Å². The number of phenols is 1. The van der Waals surface area contributed by atoms with Gasteiger partial charge < -0.3 is 19.9 Å². The minimum Gasteiger partial charge on any atom is -0.508 e. The number of carbonyl (C=O) groups excluding carboxylic acids is 1. The number of phenolic OH excluding ortho intramolecular Hbond substituents is 1. The Bertz CT molecular complexity index is 767. The number of sulfone groups is 1. The highest BCUT2D eigenvalue weighted by Crippen LogP contribution is 2.25. The van der Waals surface area contributed by atoms with Crippen molar-refractivity contribution in [1.29, 1.82) is 0 Å². The summed E-state index contributed by atoms with van der Waals surface area (Å²) in [6, 6.07) is 1.81. The molecule has 1 aromatic carbocycles. The molecule has 160 valence electrons. The van der Waals surface area contributed by atoms with Crippen molar-refractivity contribution >= 4 is 15.7 Å². The Hall–Kier alpha value is -1.92. The zero-order valence-electron chi connectivity index (χ0n) is 15.0. The molecule has 0 heterocycles. The summed E-state index contributed by atoms with van der Waals surface area (Å²) in [7, 11) is -3.88. The topological polar surface area (TPSA) is 102 Å². The van der Waals surface area contributed by atoms with Crippen molar-refractivity contribution < 1.29 is 45.4 Å². The standard InChI is InChI=1S/C16H21F4NO6S/c1-11-9-14(12(17)10-13(11)22)28(24,25)8-2-4-26-6-7-27-5-3-21-15(23)16(18,19)20/h9-10,22H,2-8H2,1H3,(H,21,23). The fraction of sp³-hybridized carbons (Fsp3) is 0.562. The summed E-state index contributed by atoms with van der Waals surface area (Å²) >= 11 is 0. The van der Waals surface area contributed by atoms with Crippen LogP contribution < -0.4 is 5.32 Å². The van der Waals surface area contributed by atoms with Crippen LogP contribution in [0.4, 0.5) is 17.6 Å². The van der Waals surface area contributed by atoms with Gasteiger partial charge in [-0.15, -0.1) is 0 Å². The maximum atomic E-state index is 13.7. The van der Waals surface area contributed by atoms with Gasteiger partial charge in [0.2, 0.25) is 0 Å². The molecule has 0 aromatic heterocycles. The van der Waals surface area contributed by atoms with Crippen LogP contribution in [0.2, 0.25) is 0 Å². The number of nitrogens with one attached hydrogen (secondary N) is 1. The number of halogens is 4. The normalized spacial score (nSPS) is 12.2. The SMILES string of the molecule is Cc1cc(S(=O)(=O)CCCOCCOCCNC(=O)C(F)(F)F)c(F)cc1O. The predicted octanol–water partition coefficient (Wildman–Crippen LogP) is 1.72. The third kappa shape index (κ3) is 7.98. The lowest BCUT2D eigenvalue weighted by Gasteiger charge is -2.09. The van der Waals surface area contributed by atoms with Crippen molar-refractivity contribution in [1.82, 2.24) is 5.32 Å². The number of benzene rings is 1. The zero-order valence-corrected chi connectivity index (χ0v) is 15.8. The summed E-state index contributed by atoms with van der Waals surface area (Å²) < 4.78 is 83.8. The van der Waals surface area contributed by atoms with Crippen molar-refractivity contribution in [3.8, 4) is 5.75 Å². The first-order valence-corrected chi connectivity index (χ1v) is 9.83. The predicted molar refractivity (Wildman–Crippen MR) is 90.2 cm³/mol. The molecule has 0 spiro atoms. The van der Waals surface area contributed by atoms with Gasteiger partial charge in [-0.2, -0.15) is 13.2 Å². The van der Waals surface area contributed by atoms with E-state index in [1.165, 1.54) is 6.92 Å². The lowest BCUT2D eigenvalue weighted by molar-refractivity contribution is -0.173. The van der Waals surface area contributed by atoms with E-state index in [1.807, 2.05) is 0 Å². The molecule has 0 aliphatic rings. The highest BCUT2D eigenvalue weighted by Gasteiger charge is 2.38. The van der Waals surface area contributed by atoms with E-state index in [4.69, 9.17) is 9.47 Å². The molecule has 0 fully saturated rings. The summed E-state index contributed by atoms with van der Waals surface area (Å²) in [6.45, 7) is 1.16. The maximum absolute atomic E-state index is 13.7. The van der Waals surface area contributed by atoms with Gasteiger partial charge in [0.1, 0.15) is 16.5 Å².